The van der Waals surface area contributed by atoms with E-state index in [0.717, 1.165) is 12.1 Å². The van der Waals surface area contributed by atoms with Crippen LogP contribution in [0.4, 0.5) is 0 Å². The molecule has 1 rings (SSSR count). The Balaban J connectivity index is 2.57. The van der Waals surface area contributed by atoms with Crippen LogP contribution in [0.15, 0.2) is 8.80 Å². The predicted octanol–water partition coefficient (Wildman–Crippen LogP) is -0.332. The fourth-order valence-corrected chi connectivity index (χ4v) is 0.755. The van der Waals surface area contributed by atoms with Crippen LogP contribution in [0.5, 0.6) is 0 Å². The summed E-state index contributed by atoms with van der Waals surface area (Å²) >= 11 is 1.04. The van der Waals surface area contributed by atoms with Crippen molar-refractivity contribution in [3.63, 3.8) is 0 Å². The van der Waals surface area contributed by atoms with E-state index in [4.69, 9.17) is 11.5 Å². The van der Waals surface area contributed by atoms with Gasteiger partial charge in [-0.25, -0.2) is 0 Å². The van der Waals surface area contributed by atoms with Crippen molar-refractivity contribution in [2.75, 3.05) is 0 Å². The second-order valence-electron chi connectivity index (χ2n) is 1.42. The summed E-state index contributed by atoms with van der Waals surface area (Å²) in [5.74, 6) is 1.09. The maximum atomic E-state index is 5.29. The summed E-state index contributed by atoms with van der Waals surface area (Å²) in [5, 5.41) is 0. The molecule has 0 saturated carbocycles. The molecule has 4 nitrogen and oxygen atoms in total. The van der Waals surface area contributed by atoms with Gasteiger partial charge in [0, 0.05) is 0 Å². The molecule has 0 spiro atoms. The third-order valence-corrected chi connectivity index (χ3v) is 1.31. The molecular formula is C3H6N4S. The monoisotopic (exact) mass is 130 g/mol. The van der Waals surface area contributed by atoms with Gasteiger partial charge in [-0.05, 0) is 0 Å². The zero-order valence-electron chi connectivity index (χ0n) is 4.16. The Morgan fingerprint density at radius 2 is 1.75 bits per heavy atom. The molecule has 8 heavy (non-hydrogen) atoms. The smallest absolute Gasteiger partial charge is 0.118 e. The molecule has 0 aromatic rings. The lowest BCUT2D eigenvalue weighted by atomic mass is 10.4. The SMILES string of the molecule is NC1=NSN=C(N)C1. The van der Waals surface area contributed by atoms with E-state index in [-0.39, 0.29) is 0 Å². The fourth-order valence-electron chi connectivity index (χ4n) is 0.375. The maximum absolute atomic E-state index is 5.29. The third-order valence-electron chi connectivity index (χ3n) is 0.678. The summed E-state index contributed by atoms with van der Waals surface area (Å²) in [6.07, 6.45) is 0.507. The van der Waals surface area contributed by atoms with Crippen LogP contribution in [-0.4, -0.2) is 11.7 Å². The zero-order chi connectivity index (χ0) is 5.98. The highest BCUT2D eigenvalue weighted by molar-refractivity contribution is 7.97. The molecule has 5 heteroatoms. The van der Waals surface area contributed by atoms with E-state index in [1.165, 1.54) is 0 Å². The summed E-state index contributed by atoms with van der Waals surface area (Å²) in [6, 6.07) is 0. The van der Waals surface area contributed by atoms with Gasteiger partial charge in [0.1, 0.15) is 23.8 Å². The van der Waals surface area contributed by atoms with E-state index in [9.17, 15) is 0 Å². The van der Waals surface area contributed by atoms with Crippen LogP contribution < -0.4 is 11.5 Å². The fraction of sp³-hybridized carbons (Fsp3) is 0.333. The molecule has 0 bridgehead atoms. The van der Waals surface area contributed by atoms with Gasteiger partial charge in [0.25, 0.3) is 0 Å². The van der Waals surface area contributed by atoms with Crippen molar-refractivity contribution in [2.45, 2.75) is 6.42 Å². The average molecular weight is 130 g/mol. The van der Waals surface area contributed by atoms with Crippen LogP contribution in [0.3, 0.4) is 0 Å². The topological polar surface area (TPSA) is 76.8 Å². The van der Waals surface area contributed by atoms with Crippen molar-refractivity contribution in [3.8, 4) is 0 Å². The summed E-state index contributed by atoms with van der Waals surface area (Å²) in [4.78, 5) is 0. The van der Waals surface area contributed by atoms with Gasteiger partial charge in [-0.15, -0.1) is 0 Å². The summed E-state index contributed by atoms with van der Waals surface area (Å²) < 4.78 is 7.45. The number of rotatable bonds is 0. The minimum atomic E-state index is 0.507. The molecule has 0 radical (unpaired) electrons. The Morgan fingerprint density at radius 3 is 2.00 bits per heavy atom. The standard InChI is InChI=1S/C3H6N4S/c4-2-1-3(5)7-8-6-2/h1H2,(H2,4,6)(H2,5,7). The van der Waals surface area contributed by atoms with Gasteiger partial charge in [0.15, 0.2) is 0 Å². The van der Waals surface area contributed by atoms with Gasteiger partial charge < -0.3 is 11.5 Å². The molecule has 1 aliphatic rings. The predicted molar refractivity (Wildman–Crippen MR) is 35.5 cm³/mol. The first-order chi connectivity index (χ1) is 3.79. The van der Waals surface area contributed by atoms with E-state index in [1.807, 2.05) is 0 Å². The highest BCUT2D eigenvalue weighted by Crippen LogP contribution is 2.08. The van der Waals surface area contributed by atoms with E-state index in [2.05, 4.69) is 8.80 Å². The Kier molecular flexibility index (Phi) is 1.38. The molecule has 1 aliphatic heterocycles. The van der Waals surface area contributed by atoms with E-state index >= 15 is 0 Å². The Bertz CT molecular complexity index is 133. The molecule has 0 aromatic carbocycles. The van der Waals surface area contributed by atoms with Crippen molar-refractivity contribution in [1.29, 1.82) is 0 Å². The summed E-state index contributed by atoms with van der Waals surface area (Å²) in [7, 11) is 0. The Morgan fingerprint density at radius 1 is 1.25 bits per heavy atom. The van der Waals surface area contributed by atoms with Gasteiger partial charge in [-0.3, -0.25) is 0 Å². The van der Waals surface area contributed by atoms with Gasteiger partial charge in [-0.2, -0.15) is 8.80 Å². The first kappa shape index (κ1) is 5.43. The normalized spacial score (nSPS) is 19.5. The molecule has 0 saturated heterocycles. The molecule has 0 aliphatic carbocycles. The first-order valence-electron chi connectivity index (χ1n) is 2.10. The molecule has 1 heterocycles. The second-order valence-corrected chi connectivity index (χ2v) is 1.95. The molecule has 0 amide bonds. The molecule has 4 N–H and O–H groups in total. The highest BCUT2D eigenvalue weighted by atomic mass is 32.2. The quantitative estimate of drug-likeness (QED) is 0.441. The third kappa shape index (κ3) is 1.13. The lowest BCUT2D eigenvalue weighted by molar-refractivity contribution is 1.39. The van der Waals surface area contributed by atoms with Crippen LogP contribution in [0, 0.1) is 0 Å². The lowest BCUT2D eigenvalue weighted by Gasteiger charge is -2.01. The zero-order valence-corrected chi connectivity index (χ0v) is 4.98. The minimum absolute atomic E-state index is 0.507. The van der Waals surface area contributed by atoms with Crippen LogP contribution >= 0.6 is 12.1 Å². The maximum Gasteiger partial charge on any atom is 0.118 e. The van der Waals surface area contributed by atoms with Gasteiger partial charge >= 0.3 is 0 Å². The molecule has 0 fully saturated rings. The van der Waals surface area contributed by atoms with Crippen molar-refractivity contribution in [1.82, 2.24) is 0 Å². The number of amidine groups is 2. The molecule has 0 unspecified atom stereocenters. The number of hydrogen-bond acceptors (Lipinski definition) is 5. The number of hydrogen-bond donors (Lipinski definition) is 2. The van der Waals surface area contributed by atoms with Crippen LogP contribution in [0.2, 0.25) is 0 Å². The first-order valence-corrected chi connectivity index (χ1v) is 2.83. The minimum Gasteiger partial charge on any atom is -0.386 e. The van der Waals surface area contributed by atoms with Crippen LogP contribution in [0.25, 0.3) is 0 Å². The number of nitrogens with zero attached hydrogens (tertiary/aromatic N) is 2. The Hall–Kier alpha value is -0.710. The molecule has 0 aromatic heterocycles. The van der Waals surface area contributed by atoms with Gasteiger partial charge in [0.2, 0.25) is 0 Å². The second kappa shape index (κ2) is 2.04. The van der Waals surface area contributed by atoms with Crippen molar-refractivity contribution >= 4 is 23.8 Å². The number of nitrogens with two attached hydrogens (primary N) is 2. The van der Waals surface area contributed by atoms with Gasteiger partial charge in [-0.1, -0.05) is 0 Å². The summed E-state index contributed by atoms with van der Waals surface area (Å²) in [5.41, 5.74) is 10.6. The van der Waals surface area contributed by atoms with Crippen molar-refractivity contribution in [2.24, 2.45) is 20.3 Å². The van der Waals surface area contributed by atoms with E-state index < -0.39 is 0 Å². The molecule has 44 valence electrons. The largest absolute Gasteiger partial charge is 0.386 e. The lowest BCUT2D eigenvalue weighted by Crippen LogP contribution is -2.23. The van der Waals surface area contributed by atoms with Crippen molar-refractivity contribution < 1.29 is 0 Å². The molecule has 0 atom stereocenters. The Labute approximate surface area is 51.3 Å². The van der Waals surface area contributed by atoms with Crippen LogP contribution in [0.1, 0.15) is 6.42 Å². The van der Waals surface area contributed by atoms with Gasteiger partial charge in [0.05, 0.1) is 6.42 Å². The highest BCUT2D eigenvalue weighted by Gasteiger charge is 2.01. The van der Waals surface area contributed by atoms with Crippen molar-refractivity contribution in [3.05, 3.63) is 0 Å². The molecular weight excluding hydrogens is 124 g/mol. The average Bonchev–Trinajstić information content (AvgIpc) is 1.64. The van der Waals surface area contributed by atoms with Crippen LogP contribution in [-0.2, 0) is 0 Å². The van der Waals surface area contributed by atoms with E-state index in [1.54, 1.807) is 0 Å². The van der Waals surface area contributed by atoms with E-state index in [0.29, 0.717) is 18.1 Å². The summed E-state index contributed by atoms with van der Waals surface area (Å²) in [6.45, 7) is 0.